The number of carbonyl (C=O) groups excluding carboxylic acids is 1. The first-order valence-electron chi connectivity index (χ1n) is 12.3. The van der Waals surface area contributed by atoms with Crippen LogP contribution in [0.5, 0.6) is 5.75 Å². The number of aromatic nitrogens is 1. The lowest BCUT2D eigenvalue weighted by Crippen LogP contribution is -2.23. The second kappa shape index (κ2) is 10.2. The van der Waals surface area contributed by atoms with E-state index in [-0.39, 0.29) is 5.91 Å². The summed E-state index contributed by atoms with van der Waals surface area (Å²) in [4.78, 5) is 16.1. The molecular weight excluding hydrogens is 448 g/mol. The lowest BCUT2D eigenvalue weighted by Gasteiger charge is -2.15. The fourth-order valence-corrected chi connectivity index (χ4v) is 4.76. The topological polar surface area (TPSA) is 67.3 Å². The largest absolute Gasteiger partial charge is 0.493 e. The first-order valence-corrected chi connectivity index (χ1v) is 12.3. The predicted molar refractivity (Wildman–Crippen MR) is 146 cm³/mol. The first kappa shape index (κ1) is 23.5. The summed E-state index contributed by atoms with van der Waals surface area (Å²) in [5, 5.41) is 5.23. The average molecular weight is 479 g/mol. The third-order valence-electron chi connectivity index (χ3n) is 6.56. The molecule has 5 rings (SSSR count). The van der Waals surface area contributed by atoms with Gasteiger partial charge in [-0.1, -0.05) is 48.5 Å². The number of benzene rings is 3. The summed E-state index contributed by atoms with van der Waals surface area (Å²) in [6.07, 6.45) is 6.22. The Morgan fingerprint density at radius 2 is 1.86 bits per heavy atom. The number of ether oxygens (including phenoxy) is 1. The van der Waals surface area contributed by atoms with Crippen LogP contribution >= 0.6 is 0 Å². The number of allylic oxidation sites excluding steroid dienone is 1. The lowest BCUT2D eigenvalue weighted by molar-refractivity contribution is -0.116. The van der Waals surface area contributed by atoms with E-state index in [1.165, 1.54) is 10.9 Å². The molecule has 182 valence electrons. The normalized spacial score (nSPS) is 11.8. The molecule has 0 atom stereocenters. The van der Waals surface area contributed by atoms with Gasteiger partial charge in [0.1, 0.15) is 11.3 Å². The van der Waals surface area contributed by atoms with Gasteiger partial charge in [-0.15, -0.1) is 0 Å². The molecule has 2 aromatic heterocycles. The zero-order chi connectivity index (χ0) is 25.1. The van der Waals surface area contributed by atoms with Gasteiger partial charge < -0.3 is 19.5 Å². The van der Waals surface area contributed by atoms with E-state index in [9.17, 15) is 4.79 Å². The summed E-state index contributed by atoms with van der Waals surface area (Å²) in [5.74, 6) is 0.627. The van der Waals surface area contributed by atoms with Gasteiger partial charge in [0.25, 0.3) is 0 Å². The minimum absolute atomic E-state index is 0.122. The van der Waals surface area contributed by atoms with Crippen LogP contribution in [0.2, 0.25) is 0 Å². The minimum Gasteiger partial charge on any atom is -0.493 e. The van der Waals surface area contributed by atoms with Crippen molar-refractivity contribution in [1.29, 1.82) is 0 Å². The second-order valence-electron chi connectivity index (χ2n) is 8.93. The number of aromatic amines is 1. The number of rotatable bonds is 8. The van der Waals surface area contributed by atoms with E-state index in [4.69, 9.17) is 9.15 Å². The summed E-state index contributed by atoms with van der Waals surface area (Å²) >= 11 is 0. The first-order chi connectivity index (χ1) is 17.6. The molecule has 0 aliphatic rings. The van der Waals surface area contributed by atoms with Crippen molar-refractivity contribution in [2.45, 2.75) is 27.2 Å². The highest BCUT2D eigenvalue weighted by Gasteiger charge is 2.19. The smallest absolute Gasteiger partial charge is 0.244 e. The monoisotopic (exact) mass is 478 g/mol. The van der Waals surface area contributed by atoms with Crippen molar-refractivity contribution >= 4 is 33.4 Å². The quantitative estimate of drug-likeness (QED) is 0.235. The van der Waals surface area contributed by atoms with Crippen LogP contribution in [0.3, 0.4) is 0 Å². The van der Waals surface area contributed by atoms with Gasteiger partial charge in [0, 0.05) is 51.8 Å². The molecule has 5 aromatic rings. The molecule has 36 heavy (non-hydrogen) atoms. The van der Waals surface area contributed by atoms with Crippen molar-refractivity contribution in [3.05, 3.63) is 95.9 Å². The molecule has 3 aromatic carbocycles. The maximum Gasteiger partial charge on any atom is 0.244 e. The Hall–Kier alpha value is -4.25. The zero-order valence-corrected chi connectivity index (χ0v) is 20.9. The Morgan fingerprint density at radius 3 is 2.67 bits per heavy atom. The maximum atomic E-state index is 12.8. The van der Waals surface area contributed by atoms with Gasteiger partial charge >= 0.3 is 0 Å². The lowest BCUT2D eigenvalue weighted by atomic mass is 9.96. The molecule has 5 nitrogen and oxygen atoms in total. The van der Waals surface area contributed by atoms with E-state index < -0.39 is 0 Å². The molecular formula is C31H30N2O3. The van der Waals surface area contributed by atoms with Gasteiger partial charge in [-0.2, -0.15) is 0 Å². The summed E-state index contributed by atoms with van der Waals surface area (Å²) < 4.78 is 12.0. The van der Waals surface area contributed by atoms with E-state index in [1.54, 1.807) is 12.3 Å². The van der Waals surface area contributed by atoms with Crippen molar-refractivity contribution in [2.24, 2.45) is 0 Å². The predicted octanol–water partition coefficient (Wildman–Crippen LogP) is 7.05. The van der Waals surface area contributed by atoms with E-state index >= 15 is 0 Å². The van der Waals surface area contributed by atoms with Crippen molar-refractivity contribution in [2.75, 3.05) is 13.2 Å². The molecule has 0 bridgehead atoms. The van der Waals surface area contributed by atoms with Crippen LogP contribution in [0, 0.1) is 6.92 Å². The maximum absolute atomic E-state index is 12.8. The van der Waals surface area contributed by atoms with Crippen molar-refractivity contribution < 1.29 is 13.9 Å². The van der Waals surface area contributed by atoms with Crippen LogP contribution in [0.1, 0.15) is 30.5 Å². The molecule has 0 unspecified atom stereocenters. The molecule has 0 aliphatic heterocycles. The van der Waals surface area contributed by atoms with Crippen molar-refractivity contribution in [3.8, 4) is 16.9 Å². The number of carbonyl (C=O) groups is 1. The number of nitrogens with one attached hydrogen (secondary N) is 2. The number of hydrogen-bond acceptors (Lipinski definition) is 3. The van der Waals surface area contributed by atoms with Crippen molar-refractivity contribution in [1.82, 2.24) is 10.3 Å². The number of furan rings is 1. The molecule has 2 N–H and O–H groups in total. The third kappa shape index (κ3) is 4.52. The second-order valence-corrected chi connectivity index (χ2v) is 8.93. The van der Waals surface area contributed by atoms with Crippen LogP contribution in [0.25, 0.3) is 38.6 Å². The highest BCUT2D eigenvalue weighted by atomic mass is 16.5. The Bertz CT molecular complexity index is 1560. The fourth-order valence-electron chi connectivity index (χ4n) is 4.76. The highest BCUT2D eigenvalue weighted by molar-refractivity contribution is 6.01. The molecule has 0 aliphatic carbocycles. The molecule has 1 amide bonds. The van der Waals surface area contributed by atoms with Crippen LogP contribution in [-0.4, -0.2) is 24.0 Å². The standard InChI is InChI=1S/C31H30N2O3/c1-4-35-30-21(3)31-26(27(19-36-31)22-10-6-5-7-11-22)17-25(30)20(2)16-29(34)32-15-14-23-18-33-28-13-9-8-12-24(23)28/h5-13,16-19,33H,4,14-15H2,1-3H3,(H,32,34)/b20-16+. The Morgan fingerprint density at radius 1 is 1.08 bits per heavy atom. The average Bonchev–Trinajstić information content (AvgIpc) is 3.51. The zero-order valence-electron chi connectivity index (χ0n) is 20.9. The summed E-state index contributed by atoms with van der Waals surface area (Å²) in [7, 11) is 0. The van der Waals surface area contributed by atoms with E-state index in [2.05, 4.69) is 40.6 Å². The Balaban J connectivity index is 1.40. The van der Waals surface area contributed by atoms with Gasteiger partial charge in [-0.3, -0.25) is 4.79 Å². The molecule has 2 heterocycles. The summed E-state index contributed by atoms with van der Waals surface area (Å²) in [5.41, 5.74) is 7.88. The van der Waals surface area contributed by atoms with Crippen LogP contribution in [-0.2, 0) is 11.2 Å². The van der Waals surface area contributed by atoms with Gasteiger partial charge in [-0.05, 0) is 56.0 Å². The molecule has 5 heteroatoms. The summed E-state index contributed by atoms with van der Waals surface area (Å²) in [6.45, 7) is 6.99. The number of fused-ring (bicyclic) bond motifs is 2. The number of amides is 1. The number of H-pyrrole nitrogens is 1. The number of para-hydroxylation sites is 1. The van der Waals surface area contributed by atoms with E-state index in [0.717, 1.165) is 56.5 Å². The Labute approximate surface area is 210 Å². The minimum atomic E-state index is -0.122. The van der Waals surface area contributed by atoms with Gasteiger partial charge in [0.2, 0.25) is 5.91 Å². The van der Waals surface area contributed by atoms with E-state index in [1.807, 2.05) is 57.3 Å². The fraction of sp³-hybridized carbons (Fsp3) is 0.194. The molecule has 0 fully saturated rings. The van der Waals surface area contributed by atoms with Crippen LogP contribution in [0.15, 0.2) is 83.6 Å². The summed E-state index contributed by atoms with van der Waals surface area (Å²) in [6, 6.07) is 20.4. The van der Waals surface area contributed by atoms with Crippen LogP contribution in [0.4, 0.5) is 0 Å². The number of aryl methyl sites for hydroxylation is 1. The van der Waals surface area contributed by atoms with E-state index in [0.29, 0.717) is 13.2 Å². The molecule has 0 saturated heterocycles. The van der Waals surface area contributed by atoms with Gasteiger partial charge in [0.05, 0.1) is 12.9 Å². The van der Waals surface area contributed by atoms with Gasteiger partial charge in [-0.25, -0.2) is 0 Å². The number of hydrogen-bond donors (Lipinski definition) is 2. The molecule has 0 spiro atoms. The van der Waals surface area contributed by atoms with Gasteiger partial charge in [0.15, 0.2) is 0 Å². The highest BCUT2D eigenvalue weighted by Crippen LogP contribution is 2.40. The van der Waals surface area contributed by atoms with Crippen LogP contribution < -0.4 is 10.1 Å². The third-order valence-corrected chi connectivity index (χ3v) is 6.56. The Kier molecular flexibility index (Phi) is 6.63. The molecule has 0 saturated carbocycles. The SMILES string of the molecule is CCOc1c(/C(C)=C/C(=O)NCCc2c[nH]c3ccccc23)cc2c(-c3ccccc3)coc2c1C. The van der Waals surface area contributed by atoms with Crippen molar-refractivity contribution in [3.63, 3.8) is 0 Å². The molecule has 0 radical (unpaired) electrons.